The van der Waals surface area contributed by atoms with E-state index in [2.05, 4.69) is 25.3 Å². The lowest BCUT2D eigenvalue weighted by atomic mass is 10.3. The van der Waals surface area contributed by atoms with E-state index >= 15 is 0 Å². The van der Waals surface area contributed by atoms with E-state index in [9.17, 15) is 0 Å². The summed E-state index contributed by atoms with van der Waals surface area (Å²) in [4.78, 5) is 0.934. The predicted molar refractivity (Wildman–Crippen MR) is 52.8 cm³/mol. The van der Waals surface area contributed by atoms with Gasteiger partial charge in [0, 0.05) is 4.90 Å². The maximum Gasteiger partial charge on any atom is 0.138 e. The normalized spacial score (nSPS) is 12.6. The molecule has 1 aromatic rings. The zero-order valence-corrected chi connectivity index (χ0v) is 7.98. The fraction of sp³-hybridized carbons (Fsp3) is 0.250. The highest BCUT2D eigenvalue weighted by atomic mass is 32.1. The van der Waals surface area contributed by atoms with Gasteiger partial charge in [0.15, 0.2) is 0 Å². The summed E-state index contributed by atoms with van der Waals surface area (Å²) in [5.41, 5.74) is -0.0687. The minimum atomic E-state index is -0.0687. The number of hydrogen-bond donors (Lipinski definition) is 2. The molecule has 3 heteroatoms. The van der Waals surface area contributed by atoms with Crippen molar-refractivity contribution in [3.8, 4) is 5.75 Å². The van der Waals surface area contributed by atoms with Gasteiger partial charge in [0.2, 0.25) is 0 Å². The van der Waals surface area contributed by atoms with Crippen molar-refractivity contribution in [3.05, 3.63) is 24.3 Å². The molecule has 0 heterocycles. The zero-order chi connectivity index (χ0) is 8.27. The van der Waals surface area contributed by atoms with Crippen LogP contribution in [0, 0.1) is 0 Å². The van der Waals surface area contributed by atoms with Gasteiger partial charge in [-0.05, 0) is 31.2 Å². The maximum atomic E-state index is 5.30. The molecule has 0 bridgehead atoms. The van der Waals surface area contributed by atoms with Crippen LogP contribution in [0.15, 0.2) is 29.2 Å². The second-order valence-electron chi connectivity index (χ2n) is 2.21. The number of hydrogen-bond acceptors (Lipinski definition) is 3. The second-order valence-corrected chi connectivity index (χ2v) is 3.45. The fourth-order valence-corrected chi connectivity index (χ4v) is 0.992. The smallest absolute Gasteiger partial charge is 0.138 e. The minimum Gasteiger partial charge on any atom is -0.480 e. The van der Waals surface area contributed by atoms with Crippen molar-refractivity contribution in [2.45, 2.75) is 17.3 Å². The standard InChI is InChI=1S/C8H10OS2/c1-6(10)9-7-2-4-8(11)5-3-7/h2-6,10-11H,1H3. The molecule has 1 nitrogen and oxygen atoms in total. The molecule has 0 saturated carbocycles. The summed E-state index contributed by atoms with van der Waals surface area (Å²) < 4.78 is 5.30. The predicted octanol–water partition coefficient (Wildman–Crippen LogP) is 2.63. The second kappa shape index (κ2) is 3.93. The number of rotatable bonds is 2. The quantitative estimate of drug-likeness (QED) is 0.533. The molecular weight excluding hydrogens is 176 g/mol. The highest BCUT2D eigenvalue weighted by Crippen LogP contribution is 2.16. The average Bonchev–Trinajstić information content (AvgIpc) is 1.93. The van der Waals surface area contributed by atoms with Crippen LogP contribution in [0.4, 0.5) is 0 Å². The summed E-state index contributed by atoms with van der Waals surface area (Å²) in [5, 5.41) is 0. The zero-order valence-electron chi connectivity index (χ0n) is 6.19. The van der Waals surface area contributed by atoms with Crippen LogP contribution in [0.3, 0.4) is 0 Å². The average molecular weight is 186 g/mol. The Kier molecular flexibility index (Phi) is 3.15. The third kappa shape index (κ3) is 3.08. The first-order chi connectivity index (χ1) is 5.18. The first-order valence-electron chi connectivity index (χ1n) is 3.32. The van der Waals surface area contributed by atoms with Crippen molar-refractivity contribution in [3.63, 3.8) is 0 Å². The topological polar surface area (TPSA) is 9.23 Å². The lowest BCUT2D eigenvalue weighted by molar-refractivity contribution is 0.310. The summed E-state index contributed by atoms with van der Waals surface area (Å²) in [6.45, 7) is 1.87. The molecule has 1 atom stereocenters. The van der Waals surface area contributed by atoms with Crippen LogP contribution in [0.25, 0.3) is 0 Å². The molecule has 0 N–H and O–H groups in total. The van der Waals surface area contributed by atoms with Gasteiger partial charge in [-0.15, -0.1) is 25.3 Å². The highest BCUT2D eigenvalue weighted by Gasteiger charge is 1.95. The molecule has 11 heavy (non-hydrogen) atoms. The Balaban J connectivity index is 2.66. The van der Waals surface area contributed by atoms with E-state index in [0.717, 1.165) is 10.6 Å². The van der Waals surface area contributed by atoms with E-state index in [1.807, 2.05) is 31.2 Å². The van der Waals surface area contributed by atoms with Gasteiger partial charge in [-0.1, -0.05) is 0 Å². The molecule has 0 aliphatic heterocycles. The molecule has 60 valence electrons. The van der Waals surface area contributed by atoms with E-state index in [1.54, 1.807) is 0 Å². The number of benzene rings is 1. The molecule has 0 aromatic heterocycles. The van der Waals surface area contributed by atoms with Crippen LogP contribution in [-0.4, -0.2) is 5.44 Å². The van der Waals surface area contributed by atoms with Gasteiger partial charge < -0.3 is 4.74 Å². The SMILES string of the molecule is CC(S)Oc1ccc(S)cc1. The van der Waals surface area contributed by atoms with Crippen LogP contribution >= 0.6 is 25.3 Å². The van der Waals surface area contributed by atoms with E-state index < -0.39 is 0 Å². The van der Waals surface area contributed by atoms with Gasteiger partial charge in [0.1, 0.15) is 11.2 Å². The van der Waals surface area contributed by atoms with Gasteiger partial charge >= 0.3 is 0 Å². The first-order valence-corrected chi connectivity index (χ1v) is 4.28. The molecule has 0 radical (unpaired) electrons. The molecule has 0 amide bonds. The van der Waals surface area contributed by atoms with Crippen molar-refractivity contribution in [1.82, 2.24) is 0 Å². The minimum absolute atomic E-state index is 0.0687. The largest absolute Gasteiger partial charge is 0.480 e. The van der Waals surface area contributed by atoms with E-state index in [-0.39, 0.29) is 5.44 Å². The van der Waals surface area contributed by atoms with Gasteiger partial charge in [0.25, 0.3) is 0 Å². The summed E-state index contributed by atoms with van der Waals surface area (Å²) in [6, 6.07) is 7.51. The third-order valence-electron chi connectivity index (χ3n) is 1.14. The lowest BCUT2D eigenvalue weighted by Crippen LogP contribution is -2.01. The van der Waals surface area contributed by atoms with Gasteiger partial charge in [-0.2, -0.15) is 0 Å². The third-order valence-corrected chi connectivity index (χ3v) is 1.55. The Hall–Kier alpha value is -0.280. The molecule has 0 aliphatic rings. The number of ether oxygens (including phenoxy) is 1. The Morgan fingerprint density at radius 2 is 1.82 bits per heavy atom. The highest BCUT2D eigenvalue weighted by molar-refractivity contribution is 7.80. The molecule has 0 aliphatic carbocycles. The van der Waals surface area contributed by atoms with E-state index in [1.165, 1.54) is 0 Å². The van der Waals surface area contributed by atoms with Crippen molar-refractivity contribution < 1.29 is 4.74 Å². The van der Waals surface area contributed by atoms with Crippen molar-refractivity contribution >= 4 is 25.3 Å². The molecule has 0 spiro atoms. The summed E-state index contributed by atoms with van der Waals surface area (Å²) >= 11 is 8.24. The Morgan fingerprint density at radius 1 is 1.27 bits per heavy atom. The monoisotopic (exact) mass is 186 g/mol. The molecular formula is C8H10OS2. The van der Waals surface area contributed by atoms with E-state index in [0.29, 0.717) is 0 Å². The Morgan fingerprint density at radius 3 is 2.27 bits per heavy atom. The van der Waals surface area contributed by atoms with E-state index in [4.69, 9.17) is 4.74 Å². The first kappa shape index (κ1) is 8.81. The summed E-state index contributed by atoms with van der Waals surface area (Å²) in [7, 11) is 0. The van der Waals surface area contributed by atoms with Crippen LogP contribution < -0.4 is 4.74 Å². The molecule has 1 unspecified atom stereocenters. The van der Waals surface area contributed by atoms with Crippen molar-refractivity contribution in [2.24, 2.45) is 0 Å². The molecule has 0 fully saturated rings. The van der Waals surface area contributed by atoms with Crippen LogP contribution in [-0.2, 0) is 0 Å². The summed E-state index contributed by atoms with van der Waals surface area (Å²) in [6.07, 6.45) is 0. The molecule has 1 aromatic carbocycles. The maximum absolute atomic E-state index is 5.30. The fourth-order valence-electron chi connectivity index (χ4n) is 0.722. The Bertz CT molecular complexity index is 218. The molecule has 0 saturated heterocycles. The van der Waals surface area contributed by atoms with Crippen molar-refractivity contribution in [1.29, 1.82) is 0 Å². The van der Waals surface area contributed by atoms with Crippen molar-refractivity contribution in [2.75, 3.05) is 0 Å². The van der Waals surface area contributed by atoms with Gasteiger partial charge in [-0.25, -0.2) is 0 Å². The lowest BCUT2D eigenvalue weighted by Gasteiger charge is -2.07. The Labute approximate surface area is 77.6 Å². The van der Waals surface area contributed by atoms with Gasteiger partial charge in [-0.3, -0.25) is 0 Å². The van der Waals surface area contributed by atoms with Crippen LogP contribution in [0.2, 0.25) is 0 Å². The summed E-state index contributed by atoms with van der Waals surface area (Å²) in [5.74, 6) is 0.824. The number of thiol groups is 2. The van der Waals surface area contributed by atoms with Crippen LogP contribution in [0.5, 0.6) is 5.75 Å². The van der Waals surface area contributed by atoms with Gasteiger partial charge in [0.05, 0.1) is 0 Å². The molecule has 1 rings (SSSR count). The van der Waals surface area contributed by atoms with Crippen LogP contribution in [0.1, 0.15) is 6.92 Å².